The molecule has 1 unspecified atom stereocenters. The lowest BCUT2D eigenvalue weighted by molar-refractivity contribution is -0.119. The predicted molar refractivity (Wildman–Crippen MR) is 73.3 cm³/mol. The van der Waals surface area contributed by atoms with Gasteiger partial charge in [-0.15, -0.1) is 0 Å². The Morgan fingerprint density at radius 1 is 1.47 bits per heavy atom. The van der Waals surface area contributed by atoms with Gasteiger partial charge in [-0.3, -0.25) is 14.5 Å². The molecule has 1 saturated heterocycles. The minimum atomic E-state index is -0.00437. The average molecular weight is 263 g/mol. The number of rotatable bonds is 4. The number of carbonyl (C=O) groups excluding carboxylic acids is 2. The maximum Gasteiger partial charge on any atom is 0.217 e. The lowest BCUT2D eigenvalue weighted by Crippen LogP contribution is -2.36. The number of nitrogens with one attached hydrogen (secondary N) is 2. The summed E-state index contributed by atoms with van der Waals surface area (Å²) in [5.41, 5.74) is 2.72. The van der Waals surface area contributed by atoms with Crippen molar-refractivity contribution in [3.8, 4) is 0 Å². The zero-order chi connectivity index (χ0) is 14.0. The van der Waals surface area contributed by atoms with E-state index in [2.05, 4.69) is 15.2 Å². The summed E-state index contributed by atoms with van der Waals surface area (Å²) in [7, 11) is 0. The molecule has 2 N–H and O–H groups in total. The Hall–Kier alpha value is -1.62. The molecule has 1 aliphatic heterocycles. The van der Waals surface area contributed by atoms with Crippen LogP contribution in [-0.4, -0.2) is 47.3 Å². The van der Waals surface area contributed by atoms with Crippen molar-refractivity contribution in [1.82, 2.24) is 15.2 Å². The van der Waals surface area contributed by atoms with Crippen molar-refractivity contribution in [2.24, 2.45) is 0 Å². The highest BCUT2D eigenvalue weighted by atomic mass is 16.1. The van der Waals surface area contributed by atoms with Crippen LogP contribution in [0.5, 0.6) is 0 Å². The van der Waals surface area contributed by atoms with Crippen LogP contribution in [-0.2, 0) is 4.79 Å². The molecule has 1 aromatic rings. The Balaban J connectivity index is 1.90. The highest BCUT2D eigenvalue weighted by molar-refractivity contribution is 5.98. The Labute approximate surface area is 113 Å². The summed E-state index contributed by atoms with van der Waals surface area (Å²) in [5, 5.41) is 2.90. The monoisotopic (exact) mass is 263 g/mol. The van der Waals surface area contributed by atoms with E-state index in [9.17, 15) is 9.59 Å². The summed E-state index contributed by atoms with van der Waals surface area (Å²) in [6.45, 7) is 7.44. The van der Waals surface area contributed by atoms with Crippen LogP contribution < -0.4 is 5.32 Å². The van der Waals surface area contributed by atoms with Crippen LogP contribution in [0.1, 0.15) is 35.1 Å². The van der Waals surface area contributed by atoms with Gasteiger partial charge in [-0.05, 0) is 26.3 Å². The van der Waals surface area contributed by atoms with Gasteiger partial charge >= 0.3 is 0 Å². The molecule has 1 aromatic heterocycles. The highest BCUT2D eigenvalue weighted by Gasteiger charge is 2.25. The van der Waals surface area contributed by atoms with E-state index in [0.717, 1.165) is 36.5 Å². The van der Waals surface area contributed by atoms with Crippen molar-refractivity contribution in [1.29, 1.82) is 0 Å². The first-order valence-corrected chi connectivity index (χ1v) is 6.64. The Morgan fingerprint density at radius 3 is 2.79 bits per heavy atom. The van der Waals surface area contributed by atoms with E-state index in [4.69, 9.17) is 0 Å². The number of Topliss-reactive ketones (excluding diaryl/α,β-unsaturated/α-hetero) is 1. The topological polar surface area (TPSA) is 65.2 Å². The van der Waals surface area contributed by atoms with Crippen LogP contribution in [0.4, 0.5) is 0 Å². The van der Waals surface area contributed by atoms with Crippen LogP contribution >= 0.6 is 0 Å². The predicted octanol–water partition coefficient (Wildman–Crippen LogP) is 1.02. The van der Waals surface area contributed by atoms with Crippen molar-refractivity contribution < 1.29 is 9.59 Å². The molecule has 0 bridgehead atoms. The van der Waals surface area contributed by atoms with Crippen molar-refractivity contribution >= 4 is 11.7 Å². The fraction of sp³-hybridized carbons (Fsp3) is 0.571. The van der Waals surface area contributed by atoms with E-state index in [1.54, 1.807) is 0 Å². The smallest absolute Gasteiger partial charge is 0.217 e. The number of ketones is 1. The summed E-state index contributed by atoms with van der Waals surface area (Å²) in [4.78, 5) is 28.5. The first-order valence-electron chi connectivity index (χ1n) is 6.64. The fourth-order valence-corrected chi connectivity index (χ4v) is 2.68. The first kappa shape index (κ1) is 13.8. The zero-order valence-corrected chi connectivity index (χ0v) is 11.7. The van der Waals surface area contributed by atoms with E-state index >= 15 is 0 Å². The summed E-state index contributed by atoms with van der Waals surface area (Å²) in [6, 6.07) is 2.08. The Kier molecular flexibility index (Phi) is 4.04. The second kappa shape index (κ2) is 5.57. The maximum absolute atomic E-state index is 12.2. The molecule has 0 radical (unpaired) electrons. The molecule has 0 spiro atoms. The van der Waals surface area contributed by atoms with Crippen molar-refractivity contribution in [2.45, 2.75) is 33.2 Å². The van der Waals surface area contributed by atoms with Gasteiger partial charge in [0.25, 0.3) is 0 Å². The number of hydrogen-bond acceptors (Lipinski definition) is 3. The minimum Gasteiger partial charge on any atom is -0.362 e. The number of aromatic amines is 1. The number of carbonyl (C=O) groups is 2. The van der Waals surface area contributed by atoms with Gasteiger partial charge in [-0.2, -0.15) is 0 Å². The number of H-pyrrole nitrogens is 1. The number of aromatic nitrogens is 1. The van der Waals surface area contributed by atoms with Gasteiger partial charge in [-0.1, -0.05) is 0 Å². The fourth-order valence-electron chi connectivity index (χ4n) is 2.68. The van der Waals surface area contributed by atoms with E-state index < -0.39 is 0 Å². The van der Waals surface area contributed by atoms with Gasteiger partial charge < -0.3 is 10.3 Å². The highest BCUT2D eigenvalue weighted by Crippen LogP contribution is 2.14. The molecular weight excluding hydrogens is 242 g/mol. The van der Waals surface area contributed by atoms with Crippen LogP contribution in [0.25, 0.3) is 0 Å². The van der Waals surface area contributed by atoms with Gasteiger partial charge in [0.15, 0.2) is 5.78 Å². The second-order valence-corrected chi connectivity index (χ2v) is 5.34. The number of hydrogen-bond donors (Lipinski definition) is 2. The van der Waals surface area contributed by atoms with Crippen molar-refractivity contribution in [3.63, 3.8) is 0 Å². The molecular formula is C14H21N3O2. The third kappa shape index (κ3) is 3.44. The SMILES string of the molecule is CC(=O)NC1CCN(CC(=O)c2cc(C)[nH]c2C)C1. The van der Waals surface area contributed by atoms with Gasteiger partial charge in [0.1, 0.15) is 0 Å². The zero-order valence-electron chi connectivity index (χ0n) is 11.7. The molecule has 1 atom stereocenters. The maximum atomic E-state index is 12.2. The minimum absolute atomic E-state index is 0.00437. The average Bonchev–Trinajstić information content (AvgIpc) is 2.84. The molecule has 2 heterocycles. The van der Waals surface area contributed by atoms with E-state index in [0.29, 0.717) is 6.54 Å². The largest absolute Gasteiger partial charge is 0.362 e. The summed E-state index contributed by atoms with van der Waals surface area (Å²) >= 11 is 0. The quantitative estimate of drug-likeness (QED) is 0.797. The molecule has 0 saturated carbocycles. The summed E-state index contributed by atoms with van der Waals surface area (Å²) in [5.74, 6) is 0.139. The number of amides is 1. The molecule has 1 fully saturated rings. The summed E-state index contributed by atoms with van der Waals surface area (Å²) < 4.78 is 0. The van der Waals surface area contributed by atoms with E-state index in [1.165, 1.54) is 6.92 Å². The Bertz CT molecular complexity index is 493. The molecule has 2 rings (SSSR count). The van der Waals surface area contributed by atoms with Crippen LogP contribution in [0, 0.1) is 13.8 Å². The lowest BCUT2D eigenvalue weighted by Gasteiger charge is -2.15. The van der Waals surface area contributed by atoms with Gasteiger partial charge in [-0.25, -0.2) is 0 Å². The second-order valence-electron chi connectivity index (χ2n) is 5.34. The van der Waals surface area contributed by atoms with E-state index in [1.807, 2.05) is 19.9 Å². The molecule has 0 aromatic carbocycles. The number of nitrogens with zero attached hydrogens (tertiary/aromatic N) is 1. The van der Waals surface area contributed by atoms with Gasteiger partial charge in [0.05, 0.1) is 6.54 Å². The first-order chi connectivity index (χ1) is 8.95. The van der Waals surface area contributed by atoms with Crippen molar-refractivity contribution in [2.75, 3.05) is 19.6 Å². The number of likely N-dealkylation sites (tertiary alicyclic amines) is 1. The van der Waals surface area contributed by atoms with Gasteiger partial charge in [0.2, 0.25) is 5.91 Å². The molecule has 5 heteroatoms. The molecule has 1 aliphatic rings. The van der Waals surface area contributed by atoms with Crippen molar-refractivity contribution in [3.05, 3.63) is 23.0 Å². The molecule has 1 amide bonds. The molecule has 104 valence electrons. The number of aryl methyl sites for hydroxylation is 2. The standard InChI is InChI=1S/C14H21N3O2/c1-9-6-13(10(2)15-9)14(19)8-17-5-4-12(7-17)16-11(3)18/h6,12,15H,4-5,7-8H2,1-3H3,(H,16,18). The third-order valence-electron chi connectivity index (χ3n) is 3.50. The molecule has 19 heavy (non-hydrogen) atoms. The van der Waals surface area contributed by atoms with Gasteiger partial charge in [0, 0.05) is 43.0 Å². The third-order valence-corrected chi connectivity index (χ3v) is 3.50. The lowest BCUT2D eigenvalue weighted by atomic mass is 10.1. The Morgan fingerprint density at radius 2 is 2.21 bits per heavy atom. The normalized spacial score (nSPS) is 19.6. The summed E-state index contributed by atoms with van der Waals surface area (Å²) in [6.07, 6.45) is 0.915. The molecule has 0 aliphatic carbocycles. The van der Waals surface area contributed by atoms with Crippen LogP contribution in [0.2, 0.25) is 0 Å². The van der Waals surface area contributed by atoms with Crippen LogP contribution in [0.15, 0.2) is 6.07 Å². The van der Waals surface area contributed by atoms with Crippen LogP contribution in [0.3, 0.4) is 0 Å². The van der Waals surface area contributed by atoms with E-state index in [-0.39, 0.29) is 17.7 Å². The molecule has 5 nitrogen and oxygen atoms in total.